The minimum atomic E-state index is -3.26. The van der Waals surface area contributed by atoms with Crippen molar-refractivity contribution >= 4 is 31.9 Å². The molecule has 14 heavy (non-hydrogen) atoms. The van der Waals surface area contributed by atoms with Gasteiger partial charge in [-0.3, -0.25) is 0 Å². The first-order valence-corrected chi connectivity index (χ1v) is 6.65. The van der Waals surface area contributed by atoms with Gasteiger partial charge in [-0.15, -0.1) is 0 Å². The van der Waals surface area contributed by atoms with Crippen molar-refractivity contribution < 1.29 is 17.9 Å². The van der Waals surface area contributed by atoms with Crippen LogP contribution in [0.5, 0.6) is 0 Å². The highest BCUT2D eigenvalue weighted by Gasteiger charge is 2.07. The number of hydrogen-bond acceptors (Lipinski definition) is 4. The minimum Gasteiger partial charge on any atom is -0.448 e. The third kappa shape index (κ3) is 6.90. The van der Waals surface area contributed by atoms with Crippen LogP contribution in [-0.4, -0.2) is 39.2 Å². The Bertz CT molecular complexity index is 299. The van der Waals surface area contributed by atoms with E-state index in [1.165, 1.54) is 13.1 Å². The van der Waals surface area contributed by atoms with Crippen molar-refractivity contribution in [1.82, 2.24) is 5.32 Å². The molecule has 0 saturated carbocycles. The normalized spacial score (nSPS) is 11.6. The number of carbonyl (C=O) groups excluding carboxylic acids is 1. The number of ether oxygens (including phenoxy) is 1. The molecule has 0 aliphatic carbocycles. The van der Waals surface area contributed by atoms with Crippen LogP contribution in [0, 0.1) is 0 Å². The van der Waals surface area contributed by atoms with E-state index >= 15 is 0 Å². The molecule has 0 saturated heterocycles. The summed E-state index contributed by atoms with van der Waals surface area (Å²) in [6.07, 6.45) is 0.833. The van der Waals surface area contributed by atoms with E-state index in [2.05, 4.69) is 26.0 Å². The fourth-order valence-electron chi connectivity index (χ4n) is 0.574. The molecular formula is C7H12BrNO4S. The molecule has 5 nitrogen and oxygen atoms in total. The fourth-order valence-corrected chi connectivity index (χ4v) is 1.85. The maximum Gasteiger partial charge on any atom is 0.406 e. The van der Waals surface area contributed by atoms with Crippen LogP contribution in [0.2, 0.25) is 0 Å². The van der Waals surface area contributed by atoms with Crippen LogP contribution >= 0.6 is 15.9 Å². The zero-order valence-corrected chi connectivity index (χ0v) is 10.1. The standard InChI is InChI=1S/C7H12BrNO4S/c1-9-7(10)13-4-6-14(11,12)5-2-3-8/h2,5H,3-4,6H2,1H3,(H,9,10)/b5-2+. The van der Waals surface area contributed by atoms with E-state index in [0.29, 0.717) is 5.33 Å². The van der Waals surface area contributed by atoms with Gasteiger partial charge in [0.05, 0.1) is 5.75 Å². The van der Waals surface area contributed by atoms with Gasteiger partial charge in [0.2, 0.25) is 0 Å². The molecule has 0 atom stereocenters. The minimum absolute atomic E-state index is 0.144. The summed E-state index contributed by atoms with van der Waals surface area (Å²) in [5.74, 6) is -0.204. The van der Waals surface area contributed by atoms with Gasteiger partial charge in [0, 0.05) is 17.8 Å². The number of hydrogen-bond donors (Lipinski definition) is 1. The number of allylic oxidation sites excluding steroid dienone is 1. The van der Waals surface area contributed by atoms with Gasteiger partial charge in [0.15, 0.2) is 9.84 Å². The SMILES string of the molecule is CNC(=O)OCCS(=O)(=O)/C=C/CBr. The van der Waals surface area contributed by atoms with Gasteiger partial charge in [-0.1, -0.05) is 22.0 Å². The number of alkyl halides is 1. The molecule has 0 fully saturated rings. The quantitative estimate of drug-likeness (QED) is 0.754. The number of amides is 1. The summed E-state index contributed by atoms with van der Waals surface area (Å²) in [5.41, 5.74) is 0. The Morgan fingerprint density at radius 1 is 1.57 bits per heavy atom. The second kappa shape index (κ2) is 6.83. The molecule has 0 rings (SSSR count). The number of alkyl carbamates (subject to hydrolysis) is 1. The van der Waals surface area contributed by atoms with E-state index < -0.39 is 15.9 Å². The summed E-state index contributed by atoms with van der Waals surface area (Å²) >= 11 is 3.06. The molecule has 0 aliphatic rings. The summed E-state index contributed by atoms with van der Waals surface area (Å²) in [6, 6.07) is 0. The van der Waals surface area contributed by atoms with Crippen LogP contribution in [-0.2, 0) is 14.6 Å². The van der Waals surface area contributed by atoms with E-state index in [4.69, 9.17) is 0 Å². The van der Waals surface area contributed by atoms with Gasteiger partial charge < -0.3 is 10.1 Å². The van der Waals surface area contributed by atoms with Crippen LogP contribution in [0.3, 0.4) is 0 Å². The van der Waals surface area contributed by atoms with Gasteiger partial charge in [0.25, 0.3) is 0 Å². The van der Waals surface area contributed by atoms with Crippen molar-refractivity contribution in [2.45, 2.75) is 0 Å². The Balaban J connectivity index is 3.89. The second-order valence-corrected chi connectivity index (χ2v) is 4.93. The maximum atomic E-state index is 11.1. The molecule has 1 N–H and O–H groups in total. The average molecular weight is 286 g/mol. The molecule has 0 unspecified atom stereocenters. The largest absolute Gasteiger partial charge is 0.448 e. The zero-order chi connectivity index (χ0) is 11.0. The summed E-state index contributed by atoms with van der Waals surface area (Å²) in [4.78, 5) is 10.6. The van der Waals surface area contributed by atoms with Crippen molar-refractivity contribution in [2.24, 2.45) is 0 Å². The van der Waals surface area contributed by atoms with E-state index in [1.807, 2.05) is 0 Å². The second-order valence-electron chi connectivity index (χ2n) is 2.28. The van der Waals surface area contributed by atoms with E-state index in [0.717, 1.165) is 5.41 Å². The Labute approximate surface area is 91.6 Å². The van der Waals surface area contributed by atoms with E-state index in [-0.39, 0.29) is 12.4 Å². The Kier molecular flexibility index (Phi) is 6.56. The molecule has 0 radical (unpaired) electrons. The van der Waals surface area contributed by atoms with Crippen molar-refractivity contribution in [3.05, 3.63) is 11.5 Å². The van der Waals surface area contributed by atoms with Crippen molar-refractivity contribution in [2.75, 3.05) is 24.7 Å². The van der Waals surface area contributed by atoms with Gasteiger partial charge in [-0.2, -0.15) is 0 Å². The highest BCUT2D eigenvalue weighted by molar-refractivity contribution is 9.09. The van der Waals surface area contributed by atoms with E-state index in [9.17, 15) is 13.2 Å². The molecule has 0 aliphatic heterocycles. The van der Waals surface area contributed by atoms with Crippen LogP contribution < -0.4 is 5.32 Å². The molecule has 0 aromatic heterocycles. The first-order valence-electron chi connectivity index (χ1n) is 3.81. The number of rotatable bonds is 5. The molecule has 0 bridgehead atoms. The highest BCUT2D eigenvalue weighted by atomic mass is 79.9. The maximum absolute atomic E-state index is 11.1. The number of sulfone groups is 1. The molecule has 0 aromatic carbocycles. The Morgan fingerprint density at radius 2 is 2.21 bits per heavy atom. The highest BCUT2D eigenvalue weighted by Crippen LogP contribution is 1.94. The first-order chi connectivity index (χ1) is 6.52. The van der Waals surface area contributed by atoms with Crippen LogP contribution in [0.15, 0.2) is 11.5 Å². The molecule has 1 amide bonds. The Morgan fingerprint density at radius 3 is 2.71 bits per heavy atom. The van der Waals surface area contributed by atoms with Crippen molar-refractivity contribution in [3.63, 3.8) is 0 Å². The van der Waals surface area contributed by atoms with Gasteiger partial charge >= 0.3 is 6.09 Å². The van der Waals surface area contributed by atoms with Crippen molar-refractivity contribution in [3.8, 4) is 0 Å². The number of nitrogens with one attached hydrogen (secondary N) is 1. The third-order valence-electron chi connectivity index (χ3n) is 1.20. The van der Waals surface area contributed by atoms with Gasteiger partial charge in [-0.05, 0) is 0 Å². The molecular weight excluding hydrogens is 274 g/mol. The number of carbonyl (C=O) groups is 1. The predicted octanol–water partition coefficient (Wildman–Crippen LogP) is 0.666. The third-order valence-corrected chi connectivity index (χ3v) is 2.91. The molecule has 7 heteroatoms. The topological polar surface area (TPSA) is 72.5 Å². The lowest BCUT2D eigenvalue weighted by atomic mass is 10.8. The van der Waals surface area contributed by atoms with Gasteiger partial charge in [-0.25, -0.2) is 13.2 Å². The summed E-state index contributed by atoms with van der Waals surface area (Å²) < 4.78 is 26.8. The average Bonchev–Trinajstić information content (AvgIpc) is 2.14. The van der Waals surface area contributed by atoms with Crippen LogP contribution in [0.25, 0.3) is 0 Å². The van der Waals surface area contributed by atoms with Crippen molar-refractivity contribution in [1.29, 1.82) is 0 Å². The summed E-state index contributed by atoms with van der Waals surface area (Å²) in [7, 11) is -1.86. The number of halogens is 1. The molecule has 0 spiro atoms. The lowest BCUT2D eigenvalue weighted by Gasteiger charge is -2.02. The fraction of sp³-hybridized carbons (Fsp3) is 0.571. The zero-order valence-electron chi connectivity index (χ0n) is 7.70. The molecule has 0 aromatic rings. The summed E-state index contributed by atoms with van der Waals surface area (Å²) in [6.45, 7) is -0.144. The summed E-state index contributed by atoms with van der Waals surface area (Å²) in [5, 5.41) is 3.78. The first kappa shape index (κ1) is 13.4. The smallest absolute Gasteiger partial charge is 0.406 e. The van der Waals surface area contributed by atoms with Gasteiger partial charge in [0.1, 0.15) is 6.61 Å². The monoisotopic (exact) mass is 285 g/mol. The lowest BCUT2D eigenvalue weighted by molar-refractivity contribution is 0.155. The van der Waals surface area contributed by atoms with E-state index in [1.54, 1.807) is 0 Å². The lowest BCUT2D eigenvalue weighted by Crippen LogP contribution is -2.22. The molecule has 0 heterocycles. The van der Waals surface area contributed by atoms with Crippen LogP contribution in [0.4, 0.5) is 4.79 Å². The predicted molar refractivity (Wildman–Crippen MR) is 57.1 cm³/mol. The van der Waals surface area contributed by atoms with Crippen LogP contribution in [0.1, 0.15) is 0 Å². The molecule has 82 valence electrons. The Hall–Kier alpha value is -0.560.